The summed E-state index contributed by atoms with van der Waals surface area (Å²) in [4.78, 5) is 13.8. The summed E-state index contributed by atoms with van der Waals surface area (Å²) in [6.45, 7) is 6.29. The van der Waals surface area contributed by atoms with E-state index in [-0.39, 0.29) is 17.2 Å². The lowest BCUT2D eigenvalue weighted by Gasteiger charge is -2.23. The van der Waals surface area contributed by atoms with E-state index in [9.17, 15) is 4.79 Å². The maximum absolute atomic E-state index is 12.7. The first-order chi connectivity index (χ1) is 12.0. The minimum Gasteiger partial charge on any atom is -0.497 e. The fourth-order valence-electron chi connectivity index (χ4n) is 2.63. The Morgan fingerprint density at radius 3 is 2.24 bits per heavy atom. The molecule has 0 aliphatic heterocycles. The highest BCUT2D eigenvalue weighted by molar-refractivity contribution is 8.00. The van der Waals surface area contributed by atoms with E-state index in [4.69, 9.17) is 4.74 Å². The smallest absolute Gasteiger partial charge is 0.233 e. The Hall–Kier alpha value is -1.94. The van der Waals surface area contributed by atoms with Crippen molar-refractivity contribution in [1.29, 1.82) is 0 Å². The van der Waals surface area contributed by atoms with Gasteiger partial charge in [-0.2, -0.15) is 0 Å². The van der Waals surface area contributed by atoms with Gasteiger partial charge in [0.1, 0.15) is 5.75 Å². The fourth-order valence-corrected chi connectivity index (χ4v) is 3.53. The van der Waals surface area contributed by atoms with Crippen molar-refractivity contribution in [1.82, 2.24) is 5.32 Å². The number of methoxy groups -OCH3 is 1. The van der Waals surface area contributed by atoms with E-state index in [1.165, 1.54) is 0 Å². The quantitative estimate of drug-likeness (QED) is 0.670. The number of carbonyl (C=O) groups excluding carboxylic acids is 1. The normalized spacial score (nSPS) is 13.3. The molecule has 0 aromatic heterocycles. The fraction of sp³-hybridized carbons (Fsp3) is 0.381. The van der Waals surface area contributed by atoms with Crippen LogP contribution in [-0.4, -0.2) is 18.3 Å². The predicted molar refractivity (Wildman–Crippen MR) is 105 cm³/mol. The van der Waals surface area contributed by atoms with Crippen LogP contribution in [0.1, 0.15) is 38.8 Å². The van der Waals surface area contributed by atoms with E-state index in [2.05, 4.69) is 19.2 Å². The van der Waals surface area contributed by atoms with E-state index >= 15 is 0 Å². The Kier molecular flexibility index (Phi) is 7.38. The number of thioether (sulfide) groups is 1. The van der Waals surface area contributed by atoms with E-state index in [0.717, 1.165) is 22.6 Å². The van der Waals surface area contributed by atoms with E-state index < -0.39 is 0 Å². The number of carbonyl (C=O) groups is 1. The van der Waals surface area contributed by atoms with Crippen LogP contribution >= 0.6 is 11.8 Å². The van der Waals surface area contributed by atoms with Crippen molar-refractivity contribution in [3.63, 3.8) is 0 Å². The third-order valence-corrected chi connectivity index (χ3v) is 5.08. The van der Waals surface area contributed by atoms with Crippen molar-refractivity contribution in [3.8, 4) is 5.75 Å². The highest BCUT2D eigenvalue weighted by Gasteiger charge is 2.20. The van der Waals surface area contributed by atoms with Crippen molar-refractivity contribution < 1.29 is 9.53 Å². The average molecular weight is 358 g/mol. The summed E-state index contributed by atoms with van der Waals surface area (Å²) < 4.78 is 5.23. The van der Waals surface area contributed by atoms with Gasteiger partial charge in [-0.1, -0.05) is 44.2 Å². The molecule has 0 fully saturated rings. The number of amides is 1. The van der Waals surface area contributed by atoms with Gasteiger partial charge in [0.25, 0.3) is 0 Å². The van der Waals surface area contributed by atoms with Gasteiger partial charge in [-0.25, -0.2) is 0 Å². The second kappa shape index (κ2) is 9.52. The van der Waals surface area contributed by atoms with Crippen molar-refractivity contribution in [3.05, 3.63) is 60.2 Å². The van der Waals surface area contributed by atoms with Crippen LogP contribution in [-0.2, 0) is 4.79 Å². The summed E-state index contributed by atoms with van der Waals surface area (Å²) in [5.74, 6) is 1.38. The summed E-state index contributed by atoms with van der Waals surface area (Å²) >= 11 is 1.58. The number of hydrogen-bond donors (Lipinski definition) is 1. The standard InChI is InChI=1S/C21H27NO2S/c1-15(2)14-20(17-10-12-18(24-4)13-11-17)22-21(23)16(3)25-19-8-6-5-7-9-19/h5-13,15-16,20H,14H2,1-4H3,(H,22,23)/t16-,20+/m0/s1. The molecule has 0 aliphatic rings. The van der Waals surface area contributed by atoms with Crippen LogP contribution in [0, 0.1) is 5.92 Å². The Morgan fingerprint density at radius 2 is 1.68 bits per heavy atom. The third-order valence-electron chi connectivity index (χ3n) is 3.97. The van der Waals surface area contributed by atoms with Gasteiger partial charge in [-0.3, -0.25) is 4.79 Å². The number of hydrogen-bond acceptors (Lipinski definition) is 3. The molecule has 2 aromatic carbocycles. The van der Waals surface area contributed by atoms with Crippen LogP contribution in [0.4, 0.5) is 0 Å². The van der Waals surface area contributed by atoms with Gasteiger partial charge in [0.2, 0.25) is 5.91 Å². The van der Waals surface area contributed by atoms with Crippen molar-refractivity contribution >= 4 is 17.7 Å². The zero-order valence-electron chi connectivity index (χ0n) is 15.4. The lowest BCUT2D eigenvalue weighted by molar-refractivity contribution is -0.121. The summed E-state index contributed by atoms with van der Waals surface area (Å²) in [5.41, 5.74) is 1.11. The summed E-state index contributed by atoms with van der Waals surface area (Å²) in [6.07, 6.45) is 0.904. The maximum Gasteiger partial charge on any atom is 0.233 e. The molecule has 0 unspecified atom stereocenters. The molecule has 1 amide bonds. The molecule has 0 bridgehead atoms. The van der Waals surface area contributed by atoms with Crippen LogP contribution < -0.4 is 10.1 Å². The molecule has 0 heterocycles. The first-order valence-corrected chi connectivity index (χ1v) is 9.53. The first kappa shape index (κ1) is 19.4. The largest absolute Gasteiger partial charge is 0.497 e. The van der Waals surface area contributed by atoms with Gasteiger partial charge in [0, 0.05) is 4.90 Å². The van der Waals surface area contributed by atoms with Crippen molar-refractivity contribution in [2.24, 2.45) is 5.92 Å². The van der Waals surface area contributed by atoms with Gasteiger partial charge < -0.3 is 10.1 Å². The lowest BCUT2D eigenvalue weighted by Crippen LogP contribution is -2.35. The molecule has 3 nitrogen and oxygen atoms in total. The minimum atomic E-state index is -0.143. The summed E-state index contributed by atoms with van der Waals surface area (Å²) in [5, 5.41) is 3.08. The van der Waals surface area contributed by atoms with Crippen LogP contribution in [0.2, 0.25) is 0 Å². The Balaban J connectivity index is 2.05. The maximum atomic E-state index is 12.7. The Bertz CT molecular complexity index is 655. The van der Waals surface area contributed by atoms with E-state index in [1.807, 2.05) is 61.5 Å². The number of benzene rings is 2. The average Bonchev–Trinajstić information content (AvgIpc) is 2.61. The summed E-state index contributed by atoms with van der Waals surface area (Å²) in [7, 11) is 1.66. The molecule has 0 saturated heterocycles. The molecule has 0 radical (unpaired) electrons. The van der Waals surface area contributed by atoms with E-state index in [1.54, 1.807) is 18.9 Å². The van der Waals surface area contributed by atoms with Crippen molar-refractivity contribution in [2.75, 3.05) is 7.11 Å². The zero-order chi connectivity index (χ0) is 18.2. The first-order valence-electron chi connectivity index (χ1n) is 8.65. The van der Waals surface area contributed by atoms with Crippen LogP contribution in [0.25, 0.3) is 0 Å². The zero-order valence-corrected chi connectivity index (χ0v) is 16.2. The molecule has 0 spiro atoms. The molecule has 0 aliphatic carbocycles. The molecular weight excluding hydrogens is 330 g/mol. The molecule has 2 rings (SSSR count). The Morgan fingerprint density at radius 1 is 1.04 bits per heavy atom. The topological polar surface area (TPSA) is 38.3 Å². The minimum absolute atomic E-state index is 0.0113. The van der Waals surface area contributed by atoms with Crippen LogP contribution in [0.15, 0.2) is 59.5 Å². The number of ether oxygens (including phenoxy) is 1. The molecule has 2 atom stereocenters. The van der Waals surface area contributed by atoms with Gasteiger partial charge in [0.05, 0.1) is 18.4 Å². The predicted octanol–water partition coefficient (Wildman–Crippen LogP) is 5.08. The van der Waals surface area contributed by atoms with Crippen LogP contribution in [0.5, 0.6) is 5.75 Å². The van der Waals surface area contributed by atoms with E-state index in [0.29, 0.717) is 5.92 Å². The van der Waals surface area contributed by atoms with Gasteiger partial charge in [-0.05, 0) is 49.1 Å². The third kappa shape index (κ3) is 6.13. The second-order valence-corrected chi connectivity index (χ2v) is 7.95. The highest BCUT2D eigenvalue weighted by Crippen LogP contribution is 2.26. The molecule has 1 N–H and O–H groups in total. The van der Waals surface area contributed by atoms with Gasteiger partial charge >= 0.3 is 0 Å². The molecule has 134 valence electrons. The second-order valence-electron chi connectivity index (χ2n) is 6.54. The highest BCUT2D eigenvalue weighted by atomic mass is 32.2. The number of rotatable bonds is 8. The van der Waals surface area contributed by atoms with Gasteiger partial charge in [0.15, 0.2) is 0 Å². The molecule has 4 heteroatoms. The monoisotopic (exact) mass is 357 g/mol. The lowest BCUT2D eigenvalue weighted by atomic mass is 9.96. The molecule has 2 aromatic rings. The molecular formula is C21H27NO2S. The summed E-state index contributed by atoms with van der Waals surface area (Å²) in [6, 6.07) is 18.0. The van der Waals surface area contributed by atoms with Crippen molar-refractivity contribution in [2.45, 2.75) is 43.4 Å². The van der Waals surface area contributed by atoms with Gasteiger partial charge in [-0.15, -0.1) is 11.8 Å². The SMILES string of the molecule is COc1ccc([C@@H](CC(C)C)NC(=O)[C@H](C)Sc2ccccc2)cc1. The Labute approximate surface area is 155 Å². The van der Waals surface area contributed by atoms with Crippen LogP contribution in [0.3, 0.4) is 0 Å². The number of nitrogens with one attached hydrogen (secondary N) is 1. The molecule has 0 saturated carbocycles. The molecule has 25 heavy (non-hydrogen) atoms.